The number of ether oxygens (including phenoxy) is 1. The van der Waals surface area contributed by atoms with Gasteiger partial charge < -0.3 is 20.3 Å². The Morgan fingerprint density at radius 1 is 1.32 bits per heavy atom. The van der Waals surface area contributed by atoms with Crippen LogP contribution < -0.4 is 10.6 Å². The lowest BCUT2D eigenvalue weighted by Crippen LogP contribution is -2.42. The molecule has 6 heteroatoms. The van der Waals surface area contributed by atoms with E-state index in [1.165, 1.54) is 6.42 Å². The number of carbonyl (C=O) groups is 2. The quantitative estimate of drug-likeness (QED) is 0.777. The van der Waals surface area contributed by atoms with Crippen LogP contribution in [0.1, 0.15) is 48.5 Å². The first-order valence-corrected chi connectivity index (χ1v) is 8.98. The van der Waals surface area contributed by atoms with Gasteiger partial charge in [-0.1, -0.05) is 0 Å². The molecule has 0 aromatic heterocycles. The van der Waals surface area contributed by atoms with Crippen LogP contribution in [0.15, 0.2) is 18.2 Å². The zero-order valence-electron chi connectivity index (χ0n) is 15.4. The Labute approximate surface area is 149 Å². The minimum Gasteiger partial charge on any atom is -0.385 e. The largest absolute Gasteiger partial charge is 0.385 e. The molecule has 1 aliphatic heterocycles. The van der Waals surface area contributed by atoms with Crippen molar-refractivity contribution in [3.63, 3.8) is 0 Å². The summed E-state index contributed by atoms with van der Waals surface area (Å²) >= 11 is 0. The summed E-state index contributed by atoms with van der Waals surface area (Å²) in [5.41, 5.74) is 2.27. The predicted octanol–water partition coefficient (Wildman–Crippen LogP) is 3.17. The molecule has 1 heterocycles. The number of carbonyl (C=O) groups excluding carboxylic acids is 2. The summed E-state index contributed by atoms with van der Waals surface area (Å²) in [5, 5.41) is 5.61. The van der Waals surface area contributed by atoms with Gasteiger partial charge in [0.25, 0.3) is 5.91 Å². The Balaban J connectivity index is 1.95. The number of methoxy groups -OCH3 is 1. The smallest absolute Gasteiger partial charge is 0.319 e. The SMILES string of the molecule is COCCCNC(=O)Nc1ccc(C(=O)N2CCCC[C@@H]2C)cc1C. The second kappa shape index (κ2) is 9.42. The van der Waals surface area contributed by atoms with Gasteiger partial charge in [0.05, 0.1) is 0 Å². The van der Waals surface area contributed by atoms with Crippen molar-refractivity contribution in [2.75, 3.05) is 32.1 Å². The van der Waals surface area contributed by atoms with Gasteiger partial charge >= 0.3 is 6.03 Å². The van der Waals surface area contributed by atoms with Gasteiger partial charge in [-0.3, -0.25) is 4.79 Å². The van der Waals surface area contributed by atoms with Gasteiger partial charge in [-0.05, 0) is 63.3 Å². The van der Waals surface area contributed by atoms with Crippen molar-refractivity contribution in [3.8, 4) is 0 Å². The minimum absolute atomic E-state index is 0.0749. The highest BCUT2D eigenvalue weighted by atomic mass is 16.5. The maximum Gasteiger partial charge on any atom is 0.319 e. The first-order valence-electron chi connectivity index (χ1n) is 8.98. The number of nitrogens with one attached hydrogen (secondary N) is 2. The molecular formula is C19H29N3O3. The normalized spacial score (nSPS) is 17.2. The molecule has 1 fully saturated rings. The van der Waals surface area contributed by atoms with E-state index in [4.69, 9.17) is 4.74 Å². The molecule has 2 N–H and O–H groups in total. The van der Waals surface area contributed by atoms with E-state index in [9.17, 15) is 9.59 Å². The standard InChI is InChI=1S/C19H29N3O3/c1-14-13-16(18(23)22-11-5-4-7-15(22)2)8-9-17(14)21-19(24)20-10-6-12-25-3/h8-9,13,15H,4-7,10-12H2,1-3H3,(H2,20,21,24)/t15-/m0/s1. The second-order valence-corrected chi connectivity index (χ2v) is 6.60. The molecule has 1 aromatic carbocycles. The summed E-state index contributed by atoms with van der Waals surface area (Å²) in [4.78, 5) is 26.6. The molecule has 0 aliphatic carbocycles. The van der Waals surface area contributed by atoms with Crippen LogP contribution in [0.4, 0.5) is 10.5 Å². The lowest BCUT2D eigenvalue weighted by atomic mass is 10.0. The van der Waals surface area contributed by atoms with Gasteiger partial charge in [0.15, 0.2) is 0 Å². The van der Waals surface area contributed by atoms with E-state index in [2.05, 4.69) is 17.6 Å². The second-order valence-electron chi connectivity index (χ2n) is 6.60. The molecule has 1 aliphatic rings. The van der Waals surface area contributed by atoms with E-state index >= 15 is 0 Å². The Bertz CT molecular complexity index is 604. The molecule has 0 unspecified atom stereocenters. The van der Waals surface area contributed by atoms with E-state index in [1.54, 1.807) is 19.2 Å². The van der Waals surface area contributed by atoms with E-state index in [-0.39, 0.29) is 18.0 Å². The van der Waals surface area contributed by atoms with Crippen LogP contribution in [0.3, 0.4) is 0 Å². The van der Waals surface area contributed by atoms with Crippen LogP contribution in [0.25, 0.3) is 0 Å². The highest BCUT2D eigenvalue weighted by molar-refractivity contribution is 5.96. The van der Waals surface area contributed by atoms with Gasteiger partial charge in [-0.25, -0.2) is 4.79 Å². The Kier molecular flexibility index (Phi) is 7.25. The van der Waals surface area contributed by atoms with Crippen LogP contribution in [0.2, 0.25) is 0 Å². The van der Waals surface area contributed by atoms with E-state index in [0.29, 0.717) is 24.4 Å². The highest BCUT2D eigenvalue weighted by Gasteiger charge is 2.24. The molecule has 0 radical (unpaired) electrons. The number of urea groups is 1. The number of nitrogens with zero attached hydrogens (tertiary/aromatic N) is 1. The Morgan fingerprint density at radius 2 is 2.12 bits per heavy atom. The lowest BCUT2D eigenvalue weighted by molar-refractivity contribution is 0.0635. The molecule has 25 heavy (non-hydrogen) atoms. The fourth-order valence-corrected chi connectivity index (χ4v) is 3.09. The number of amides is 3. The number of aryl methyl sites for hydroxylation is 1. The van der Waals surface area contributed by atoms with Gasteiger partial charge in [0.1, 0.15) is 0 Å². The molecule has 2 rings (SSSR count). The van der Waals surface area contributed by atoms with Crippen molar-refractivity contribution in [2.45, 2.75) is 45.6 Å². The Morgan fingerprint density at radius 3 is 2.80 bits per heavy atom. The van der Waals surface area contributed by atoms with Crippen molar-refractivity contribution in [3.05, 3.63) is 29.3 Å². The Hall–Kier alpha value is -2.08. The summed E-state index contributed by atoms with van der Waals surface area (Å²) in [6.07, 6.45) is 4.09. The van der Waals surface area contributed by atoms with Crippen LogP contribution >= 0.6 is 0 Å². The van der Waals surface area contributed by atoms with Crippen LogP contribution in [0, 0.1) is 6.92 Å². The molecule has 1 atom stereocenters. The van der Waals surface area contributed by atoms with E-state index in [0.717, 1.165) is 31.4 Å². The summed E-state index contributed by atoms with van der Waals surface area (Å²) in [7, 11) is 1.64. The number of likely N-dealkylation sites (tertiary alicyclic amines) is 1. The average Bonchev–Trinajstić information content (AvgIpc) is 2.60. The molecular weight excluding hydrogens is 318 g/mol. The zero-order valence-corrected chi connectivity index (χ0v) is 15.4. The maximum absolute atomic E-state index is 12.7. The summed E-state index contributed by atoms with van der Waals surface area (Å²) < 4.78 is 4.95. The van der Waals surface area contributed by atoms with Crippen molar-refractivity contribution in [1.82, 2.24) is 10.2 Å². The van der Waals surface area contributed by atoms with Gasteiger partial charge in [-0.15, -0.1) is 0 Å². The van der Waals surface area contributed by atoms with Crippen LogP contribution in [0.5, 0.6) is 0 Å². The molecule has 1 aromatic rings. The zero-order chi connectivity index (χ0) is 18.2. The van der Waals surface area contributed by atoms with Crippen LogP contribution in [-0.2, 0) is 4.74 Å². The molecule has 3 amide bonds. The summed E-state index contributed by atoms with van der Waals surface area (Å²) in [6, 6.07) is 5.48. The third-order valence-corrected chi connectivity index (χ3v) is 4.60. The van der Waals surface area contributed by atoms with Gasteiger partial charge in [0.2, 0.25) is 0 Å². The van der Waals surface area contributed by atoms with Crippen molar-refractivity contribution in [1.29, 1.82) is 0 Å². The van der Waals surface area contributed by atoms with Crippen LogP contribution in [-0.4, -0.2) is 49.7 Å². The monoisotopic (exact) mass is 347 g/mol. The first-order chi connectivity index (χ1) is 12.0. The summed E-state index contributed by atoms with van der Waals surface area (Å²) in [6.45, 7) is 6.00. The third kappa shape index (κ3) is 5.46. The van der Waals surface area contributed by atoms with Gasteiger partial charge in [-0.2, -0.15) is 0 Å². The van der Waals surface area contributed by atoms with Crippen molar-refractivity contribution < 1.29 is 14.3 Å². The number of anilines is 1. The first kappa shape index (κ1) is 19.2. The highest BCUT2D eigenvalue weighted by Crippen LogP contribution is 2.22. The maximum atomic E-state index is 12.7. The molecule has 138 valence electrons. The number of hydrogen-bond acceptors (Lipinski definition) is 3. The fraction of sp³-hybridized carbons (Fsp3) is 0.579. The molecule has 0 bridgehead atoms. The molecule has 6 nitrogen and oxygen atoms in total. The third-order valence-electron chi connectivity index (χ3n) is 4.60. The molecule has 0 spiro atoms. The summed E-state index contributed by atoms with van der Waals surface area (Å²) in [5.74, 6) is 0.0749. The van der Waals surface area contributed by atoms with Gasteiger partial charge in [0, 0.05) is 44.1 Å². The fourth-order valence-electron chi connectivity index (χ4n) is 3.09. The molecule has 0 saturated carbocycles. The molecule has 1 saturated heterocycles. The average molecular weight is 347 g/mol. The van der Waals surface area contributed by atoms with E-state index < -0.39 is 0 Å². The van der Waals surface area contributed by atoms with Crippen molar-refractivity contribution in [2.24, 2.45) is 0 Å². The predicted molar refractivity (Wildman–Crippen MR) is 99.0 cm³/mol. The number of piperidine rings is 1. The van der Waals surface area contributed by atoms with E-state index in [1.807, 2.05) is 17.9 Å². The number of benzene rings is 1. The minimum atomic E-state index is -0.247. The lowest BCUT2D eigenvalue weighted by Gasteiger charge is -2.33. The topological polar surface area (TPSA) is 70.7 Å². The number of hydrogen-bond donors (Lipinski definition) is 2. The number of rotatable bonds is 6. The van der Waals surface area contributed by atoms with Crippen molar-refractivity contribution >= 4 is 17.6 Å².